The SMILES string of the molecule is CS(=O)(=O)c1cccc(N2CC[C@H](C3(CC(N)=O)CC3)C2)c1. The third kappa shape index (κ3) is 2.97. The molecule has 3 rings (SSSR count). The molecule has 1 aromatic rings. The van der Waals surface area contributed by atoms with Gasteiger partial charge in [0.25, 0.3) is 0 Å². The zero-order valence-electron chi connectivity index (χ0n) is 12.8. The van der Waals surface area contributed by atoms with Gasteiger partial charge in [0.05, 0.1) is 4.90 Å². The van der Waals surface area contributed by atoms with Gasteiger partial charge in [0, 0.05) is 31.5 Å². The minimum absolute atomic E-state index is 0.106. The molecule has 120 valence electrons. The summed E-state index contributed by atoms with van der Waals surface area (Å²) >= 11 is 0. The molecule has 2 fully saturated rings. The molecule has 1 heterocycles. The summed E-state index contributed by atoms with van der Waals surface area (Å²) in [6.07, 6.45) is 4.91. The van der Waals surface area contributed by atoms with Crippen LogP contribution in [-0.2, 0) is 14.6 Å². The van der Waals surface area contributed by atoms with E-state index in [0.29, 0.717) is 17.2 Å². The van der Waals surface area contributed by atoms with Crippen molar-refractivity contribution in [3.63, 3.8) is 0 Å². The number of hydrogen-bond donors (Lipinski definition) is 1. The van der Waals surface area contributed by atoms with Crippen LogP contribution in [-0.4, -0.2) is 33.7 Å². The van der Waals surface area contributed by atoms with Crippen molar-refractivity contribution in [3.05, 3.63) is 24.3 Å². The zero-order chi connectivity index (χ0) is 16.0. The van der Waals surface area contributed by atoms with Crippen molar-refractivity contribution in [2.24, 2.45) is 17.1 Å². The number of benzene rings is 1. The summed E-state index contributed by atoms with van der Waals surface area (Å²) in [5.41, 5.74) is 6.43. The Morgan fingerprint density at radius 3 is 2.73 bits per heavy atom. The number of amides is 1. The maximum absolute atomic E-state index is 11.7. The Kier molecular flexibility index (Phi) is 3.67. The van der Waals surface area contributed by atoms with Crippen LogP contribution >= 0.6 is 0 Å². The van der Waals surface area contributed by atoms with E-state index in [-0.39, 0.29) is 11.3 Å². The predicted octanol–water partition coefficient (Wildman–Crippen LogP) is 1.57. The lowest BCUT2D eigenvalue weighted by Gasteiger charge is -2.23. The average molecular weight is 322 g/mol. The molecule has 0 bridgehead atoms. The highest BCUT2D eigenvalue weighted by Crippen LogP contribution is 2.57. The van der Waals surface area contributed by atoms with Gasteiger partial charge in [-0.2, -0.15) is 0 Å². The van der Waals surface area contributed by atoms with Crippen LogP contribution in [0.15, 0.2) is 29.2 Å². The third-order valence-corrected chi connectivity index (χ3v) is 6.19. The molecule has 1 aliphatic carbocycles. The minimum Gasteiger partial charge on any atom is -0.371 e. The van der Waals surface area contributed by atoms with Crippen LogP contribution in [0.4, 0.5) is 5.69 Å². The molecule has 22 heavy (non-hydrogen) atoms. The van der Waals surface area contributed by atoms with E-state index in [2.05, 4.69) is 4.90 Å². The first-order valence-electron chi connectivity index (χ1n) is 7.64. The van der Waals surface area contributed by atoms with Crippen molar-refractivity contribution in [3.8, 4) is 0 Å². The number of rotatable bonds is 5. The van der Waals surface area contributed by atoms with Crippen molar-refractivity contribution in [2.75, 3.05) is 24.2 Å². The van der Waals surface area contributed by atoms with E-state index < -0.39 is 9.84 Å². The monoisotopic (exact) mass is 322 g/mol. The van der Waals surface area contributed by atoms with Gasteiger partial charge in [-0.1, -0.05) is 6.07 Å². The Hall–Kier alpha value is -1.56. The van der Waals surface area contributed by atoms with Crippen LogP contribution in [0.5, 0.6) is 0 Å². The van der Waals surface area contributed by atoms with Crippen LogP contribution in [0.3, 0.4) is 0 Å². The number of hydrogen-bond acceptors (Lipinski definition) is 4. The molecule has 0 spiro atoms. The smallest absolute Gasteiger partial charge is 0.217 e. The highest BCUT2D eigenvalue weighted by atomic mass is 32.2. The summed E-state index contributed by atoms with van der Waals surface area (Å²) in [4.78, 5) is 13.8. The number of sulfone groups is 1. The number of nitrogens with two attached hydrogens (primary N) is 1. The van der Waals surface area contributed by atoms with E-state index in [1.807, 2.05) is 6.07 Å². The molecular formula is C16H22N2O3S. The fourth-order valence-electron chi connectivity index (χ4n) is 3.64. The highest BCUT2D eigenvalue weighted by molar-refractivity contribution is 7.90. The van der Waals surface area contributed by atoms with Gasteiger partial charge in [0.15, 0.2) is 9.84 Å². The van der Waals surface area contributed by atoms with Crippen molar-refractivity contribution in [1.82, 2.24) is 0 Å². The third-order valence-electron chi connectivity index (χ3n) is 5.08. The van der Waals surface area contributed by atoms with Crippen LogP contribution in [0.2, 0.25) is 0 Å². The molecule has 0 radical (unpaired) electrons. The van der Waals surface area contributed by atoms with Crippen LogP contribution in [0, 0.1) is 11.3 Å². The largest absolute Gasteiger partial charge is 0.371 e. The topological polar surface area (TPSA) is 80.5 Å². The molecule has 1 aliphatic heterocycles. The Morgan fingerprint density at radius 1 is 1.41 bits per heavy atom. The lowest BCUT2D eigenvalue weighted by atomic mass is 9.85. The zero-order valence-corrected chi connectivity index (χ0v) is 13.6. The number of carbonyl (C=O) groups is 1. The summed E-state index contributed by atoms with van der Waals surface area (Å²) in [5, 5.41) is 0. The number of carbonyl (C=O) groups excluding carboxylic acids is 1. The molecule has 1 aromatic carbocycles. The Morgan fingerprint density at radius 2 is 2.14 bits per heavy atom. The van der Waals surface area contributed by atoms with E-state index >= 15 is 0 Å². The Balaban J connectivity index is 1.75. The van der Waals surface area contributed by atoms with E-state index in [1.165, 1.54) is 6.26 Å². The van der Waals surface area contributed by atoms with Crippen molar-refractivity contribution in [1.29, 1.82) is 0 Å². The summed E-state index contributed by atoms with van der Waals surface area (Å²) < 4.78 is 23.4. The van der Waals surface area contributed by atoms with Gasteiger partial charge in [0.1, 0.15) is 0 Å². The van der Waals surface area contributed by atoms with Gasteiger partial charge in [-0.05, 0) is 48.8 Å². The fraction of sp³-hybridized carbons (Fsp3) is 0.562. The maximum atomic E-state index is 11.7. The number of nitrogens with zero attached hydrogens (tertiary/aromatic N) is 1. The van der Waals surface area contributed by atoms with Gasteiger partial charge in [0.2, 0.25) is 5.91 Å². The lowest BCUT2D eigenvalue weighted by molar-refractivity contribution is -0.119. The number of primary amides is 1. The Bertz CT molecular complexity index is 695. The molecular weight excluding hydrogens is 300 g/mol. The molecule has 0 aromatic heterocycles. The van der Waals surface area contributed by atoms with Gasteiger partial charge in [-0.15, -0.1) is 0 Å². The molecule has 1 amide bonds. The highest BCUT2D eigenvalue weighted by Gasteiger charge is 2.51. The fourth-order valence-corrected chi connectivity index (χ4v) is 4.30. The first kappa shape index (κ1) is 15.3. The summed E-state index contributed by atoms with van der Waals surface area (Å²) in [6.45, 7) is 1.78. The minimum atomic E-state index is -3.19. The van der Waals surface area contributed by atoms with Crippen LogP contribution < -0.4 is 10.6 Å². The quantitative estimate of drug-likeness (QED) is 0.892. The van der Waals surface area contributed by atoms with Gasteiger partial charge >= 0.3 is 0 Å². The van der Waals surface area contributed by atoms with Gasteiger partial charge in [-0.25, -0.2) is 8.42 Å². The van der Waals surface area contributed by atoms with Crippen LogP contribution in [0.1, 0.15) is 25.7 Å². The Labute approximate surface area is 131 Å². The number of anilines is 1. The van der Waals surface area contributed by atoms with E-state index in [4.69, 9.17) is 5.73 Å². The van der Waals surface area contributed by atoms with E-state index in [1.54, 1.807) is 18.2 Å². The van der Waals surface area contributed by atoms with Crippen LogP contribution in [0.25, 0.3) is 0 Å². The molecule has 6 heteroatoms. The van der Waals surface area contributed by atoms with Crippen molar-refractivity contribution in [2.45, 2.75) is 30.6 Å². The normalized spacial score (nSPS) is 23.5. The van der Waals surface area contributed by atoms with Crippen molar-refractivity contribution < 1.29 is 13.2 Å². The molecule has 2 N–H and O–H groups in total. The van der Waals surface area contributed by atoms with Crippen molar-refractivity contribution >= 4 is 21.4 Å². The second kappa shape index (κ2) is 5.26. The molecule has 1 atom stereocenters. The molecule has 1 saturated heterocycles. The summed E-state index contributed by atoms with van der Waals surface area (Å²) in [5.74, 6) is 0.261. The molecule has 0 unspecified atom stereocenters. The summed E-state index contributed by atoms with van der Waals surface area (Å²) in [7, 11) is -3.19. The first-order valence-corrected chi connectivity index (χ1v) is 9.53. The van der Waals surface area contributed by atoms with E-state index in [9.17, 15) is 13.2 Å². The second-order valence-corrected chi connectivity index (χ2v) is 8.72. The molecule has 1 saturated carbocycles. The average Bonchev–Trinajstić information content (AvgIpc) is 3.03. The standard InChI is InChI=1S/C16H22N2O3S/c1-22(20,21)14-4-2-3-13(9-14)18-8-5-12(11-18)16(6-7-16)10-15(17)19/h2-4,9,12H,5-8,10-11H2,1H3,(H2,17,19)/t12-/m0/s1. The lowest BCUT2D eigenvalue weighted by Crippen LogP contribution is -2.27. The van der Waals surface area contributed by atoms with Gasteiger partial charge in [-0.3, -0.25) is 4.79 Å². The van der Waals surface area contributed by atoms with E-state index in [0.717, 1.165) is 38.0 Å². The van der Waals surface area contributed by atoms with Gasteiger partial charge < -0.3 is 10.6 Å². The molecule has 2 aliphatic rings. The first-order chi connectivity index (χ1) is 10.3. The second-order valence-electron chi connectivity index (χ2n) is 6.71. The molecule has 5 nitrogen and oxygen atoms in total. The predicted molar refractivity (Wildman–Crippen MR) is 85.4 cm³/mol. The maximum Gasteiger partial charge on any atom is 0.217 e. The summed E-state index contributed by atoms with van der Waals surface area (Å²) in [6, 6.07) is 7.10.